The molecule has 16 nitrogen and oxygen atoms in total. The summed E-state index contributed by atoms with van der Waals surface area (Å²) in [5.41, 5.74) is 2.16. The van der Waals surface area contributed by atoms with Crippen LogP contribution in [0.25, 0.3) is 0 Å². The van der Waals surface area contributed by atoms with Gasteiger partial charge in [0.1, 0.15) is 24.2 Å². The minimum absolute atomic E-state index is 0.0572. The van der Waals surface area contributed by atoms with Gasteiger partial charge in [-0.3, -0.25) is 33.6 Å². The molecule has 57 heavy (non-hydrogen) atoms. The van der Waals surface area contributed by atoms with Crippen molar-refractivity contribution in [1.82, 2.24) is 36.4 Å². The van der Waals surface area contributed by atoms with Gasteiger partial charge in [-0.15, -0.1) is 0 Å². The number of hydrogen-bond donors (Lipinski definition) is 5. The Morgan fingerprint density at radius 3 is 2.11 bits per heavy atom. The number of nitrogens with zero attached hydrogens (tertiary/aromatic N) is 2. The number of carbonyl (C=O) groups excluding carboxylic acids is 8. The van der Waals surface area contributed by atoms with Crippen LogP contribution in [0, 0.1) is 11.8 Å². The fourth-order valence-corrected chi connectivity index (χ4v) is 7.12. The molecule has 16 heteroatoms. The first kappa shape index (κ1) is 44.7. The molecule has 2 aliphatic heterocycles. The van der Waals surface area contributed by atoms with Gasteiger partial charge in [0.25, 0.3) is 5.91 Å². The molecule has 0 bridgehead atoms. The van der Waals surface area contributed by atoms with Crippen LogP contribution >= 0.6 is 0 Å². The maximum atomic E-state index is 14.5. The minimum Gasteiger partial charge on any atom is -0.444 e. The van der Waals surface area contributed by atoms with Crippen LogP contribution in [0.1, 0.15) is 104 Å². The average Bonchev–Trinajstić information content (AvgIpc) is 3.90. The van der Waals surface area contributed by atoms with Gasteiger partial charge < -0.3 is 41.1 Å². The summed E-state index contributed by atoms with van der Waals surface area (Å²) in [6.07, 6.45) is 2.70. The number of ether oxygens (including phenoxy) is 1. The van der Waals surface area contributed by atoms with Crippen LogP contribution in [-0.2, 0) is 51.3 Å². The summed E-state index contributed by atoms with van der Waals surface area (Å²) >= 11 is 0. The van der Waals surface area contributed by atoms with Gasteiger partial charge in [0.15, 0.2) is 0 Å². The van der Waals surface area contributed by atoms with Crippen molar-refractivity contribution in [1.29, 1.82) is 0 Å². The summed E-state index contributed by atoms with van der Waals surface area (Å²) in [7, 11) is 1.54. The van der Waals surface area contributed by atoms with Gasteiger partial charge in [0, 0.05) is 45.4 Å². The van der Waals surface area contributed by atoms with E-state index in [-0.39, 0.29) is 56.0 Å². The highest BCUT2D eigenvalue weighted by molar-refractivity contribution is 6.38. The van der Waals surface area contributed by atoms with Gasteiger partial charge in [-0.05, 0) is 61.5 Å². The van der Waals surface area contributed by atoms with Crippen molar-refractivity contribution >= 4 is 47.3 Å². The molecule has 1 aromatic rings. The van der Waals surface area contributed by atoms with Crippen LogP contribution in [-0.4, -0.2) is 114 Å². The van der Waals surface area contributed by atoms with Crippen molar-refractivity contribution in [3.05, 3.63) is 35.4 Å². The van der Waals surface area contributed by atoms with Crippen molar-refractivity contribution < 1.29 is 43.1 Å². The third-order valence-corrected chi connectivity index (χ3v) is 10.7. The van der Waals surface area contributed by atoms with E-state index in [1.54, 1.807) is 39.6 Å². The first-order chi connectivity index (χ1) is 27.1. The Bertz CT molecular complexity index is 1650. The number of Topliss-reactive ketones (excluding diaryl/α,β-unsaturated/α-hetero) is 1. The Hall–Kier alpha value is -5.02. The summed E-state index contributed by atoms with van der Waals surface area (Å²) in [4.78, 5) is 109. The molecule has 1 saturated heterocycles. The lowest BCUT2D eigenvalue weighted by Gasteiger charge is -2.32. The van der Waals surface area contributed by atoms with E-state index in [0.717, 1.165) is 24.0 Å². The van der Waals surface area contributed by atoms with Gasteiger partial charge >= 0.3 is 6.09 Å². The highest BCUT2D eigenvalue weighted by Crippen LogP contribution is 2.26. The molecule has 314 valence electrons. The monoisotopic (exact) mass is 795 g/mol. The Morgan fingerprint density at radius 1 is 0.842 bits per heavy atom. The first-order valence-corrected chi connectivity index (χ1v) is 20.4. The molecule has 0 radical (unpaired) electrons. The Morgan fingerprint density at radius 2 is 1.49 bits per heavy atom. The summed E-state index contributed by atoms with van der Waals surface area (Å²) in [5.74, 6) is -4.72. The topological polar surface area (TPSA) is 212 Å². The van der Waals surface area contributed by atoms with Crippen molar-refractivity contribution in [2.24, 2.45) is 11.8 Å². The highest BCUT2D eigenvalue weighted by Gasteiger charge is 2.46. The zero-order valence-corrected chi connectivity index (χ0v) is 34.2. The largest absolute Gasteiger partial charge is 0.444 e. The maximum absolute atomic E-state index is 14.5. The number of likely N-dealkylation sites (tertiary alicyclic amines) is 1. The molecule has 0 aromatic heterocycles. The number of benzene rings is 1. The predicted molar refractivity (Wildman–Crippen MR) is 210 cm³/mol. The minimum atomic E-state index is -1.19. The standard InChI is InChI=1S/C41H61N7O9/c1-7-12-30(36(51)39(54)43-28-17-18-28)44-37(52)31-21-29(57-41(56)47-20-19-26-13-8-9-14-27(26)22-47)23-48(31)40(55)35(25(4)5)46-38(53)34(24(2)3)45-33(50)16-11-10-15-32(49)42-6/h8-9,13-14,24-25,28-31,34-35H,7,10-12,15-23H2,1-6H3,(H,42,49)(H,43,54)(H,44,52)(H,45,50)(H,46,53)/t29?,30?,31?,34-,35?/m0/s1. The van der Waals surface area contributed by atoms with Crippen molar-refractivity contribution in [2.45, 2.75) is 142 Å². The smallest absolute Gasteiger partial charge is 0.410 e. The molecule has 1 aliphatic carbocycles. The number of ketones is 1. The number of amides is 7. The zero-order valence-electron chi connectivity index (χ0n) is 34.2. The number of hydrogen-bond acceptors (Lipinski definition) is 9. The van der Waals surface area contributed by atoms with E-state index in [1.807, 2.05) is 31.2 Å². The van der Waals surface area contributed by atoms with E-state index in [4.69, 9.17) is 4.74 Å². The molecule has 1 saturated carbocycles. The molecule has 4 unspecified atom stereocenters. The Kier molecular flexibility index (Phi) is 16.4. The molecule has 0 spiro atoms. The third kappa shape index (κ3) is 12.7. The van der Waals surface area contributed by atoms with E-state index in [1.165, 1.54) is 4.90 Å². The SMILES string of the molecule is CCCC(NC(=O)C1CC(OC(=O)N2CCc3ccccc3C2)CN1C(=O)C(NC(=O)[C@@H](NC(=O)CCCCC(=O)NC)C(C)C)C(C)C)C(=O)C(=O)NC1CC1. The van der Waals surface area contributed by atoms with E-state index in [9.17, 15) is 38.4 Å². The zero-order chi connectivity index (χ0) is 41.8. The van der Waals surface area contributed by atoms with E-state index in [2.05, 4.69) is 26.6 Å². The molecule has 2 heterocycles. The summed E-state index contributed by atoms with van der Waals surface area (Å²) in [6, 6.07) is 3.34. The van der Waals surface area contributed by atoms with Crippen LogP contribution in [0.15, 0.2) is 24.3 Å². The molecular weight excluding hydrogens is 734 g/mol. The molecule has 2 fully saturated rings. The second kappa shape index (κ2) is 20.9. The van der Waals surface area contributed by atoms with Gasteiger partial charge in [-0.2, -0.15) is 0 Å². The van der Waals surface area contributed by atoms with Gasteiger partial charge in [-0.1, -0.05) is 65.3 Å². The van der Waals surface area contributed by atoms with Crippen molar-refractivity contribution in [3.63, 3.8) is 0 Å². The quantitative estimate of drug-likeness (QED) is 0.102. The molecule has 4 rings (SSSR count). The second-order valence-corrected chi connectivity index (χ2v) is 16.0. The van der Waals surface area contributed by atoms with Crippen molar-refractivity contribution in [2.75, 3.05) is 20.1 Å². The lowest BCUT2D eigenvalue weighted by Crippen LogP contribution is -2.59. The van der Waals surface area contributed by atoms with Crippen LogP contribution in [0.3, 0.4) is 0 Å². The number of carbonyl (C=O) groups is 8. The summed E-state index contributed by atoms with van der Waals surface area (Å²) in [5, 5.41) is 13.5. The lowest BCUT2D eigenvalue weighted by molar-refractivity contribution is -0.144. The predicted octanol–water partition coefficient (Wildman–Crippen LogP) is 1.87. The molecule has 7 amide bonds. The highest BCUT2D eigenvalue weighted by atomic mass is 16.6. The van der Waals surface area contributed by atoms with Crippen LogP contribution in [0.4, 0.5) is 4.79 Å². The summed E-state index contributed by atoms with van der Waals surface area (Å²) in [6.45, 7) is 9.46. The van der Waals surface area contributed by atoms with Gasteiger partial charge in [0.05, 0.1) is 12.6 Å². The average molecular weight is 796 g/mol. The van der Waals surface area contributed by atoms with Crippen molar-refractivity contribution in [3.8, 4) is 0 Å². The fraction of sp³-hybridized carbons (Fsp3) is 0.659. The fourth-order valence-electron chi connectivity index (χ4n) is 7.12. The van der Waals surface area contributed by atoms with E-state index < -0.39 is 71.7 Å². The number of unbranched alkanes of at least 4 members (excludes halogenated alkanes) is 1. The molecule has 3 aliphatic rings. The Balaban J connectivity index is 1.50. The van der Waals surface area contributed by atoms with E-state index >= 15 is 0 Å². The maximum Gasteiger partial charge on any atom is 0.410 e. The lowest BCUT2D eigenvalue weighted by atomic mass is 9.98. The first-order valence-electron chi connectivity index (χ1n) is 20.4. The van der Waals surface area contributed by atoms with E-state index in [0.29, 0.717) is 38.8 Å². The molecule has 1 aromatic carbocycles. The number of rotatable bonds is 19. The molecule has 5 atom stereocenters. The second-order valence-electron chi connectivity index (χ2n) is 16.0. The summed E-state index contributed by atoms with van der Waals surface area (Å²) < 4.78 is 5.94. The van der Waals surface area contributed by atoms with Gasteiger partial charge in [-0.25, -0.2) is 4.79 Å². The Labute approximate surface area is 335 Å². The third-order valence-electron chi connectivity index (χ3n) is 10.7. The normalized spacial score (nSPS) is 19.2. The molecule has 5 N–H and O–H groups in total. The van der Waals surface area contributed by atoms with Gasteiger partial charge in [0.2, 0.25) is 35.3 Å². The number of nitrogens with one attached hydrogen (secondary N) is 5. The van der Waals surface area contributed by atoms with Crippen LogP contribution in [0.2, 0.25) is 0 Å². The van der Waals surface area contributed by atoms with Crippen LogP contribution in [0.5, 0.6) is 0 Å². The molecular formula is C41H61N7O9. The van der Waals surface area contributed by atoms with Crippen LogP contribution < -0.4 is 26.6 Å². The number of fused-ring (bicyclic) bond motifs is 1.